The van der Waals surface area contributed by atoms with Crippen molar-refractivity contribution in [2.45, 2.75) is 39.5 Å². The third kappa shape index (κ3) is 3.34. The third-order valence-corrected chi connectivity index (χ3v) is 3.16. The molecule has 0 unspecified atom stereocenters. The smallest absolute Gasteiger partial charge is 1.00 e. The van der Waals surface area contributed by atoms with Crippen LogP contribution >= 0.6 is 0 Å². The molecule has 0 aliphatic rings. The quantitative estimate of drug-likeness (QED) is 0.711. The molecule has 0 saturated heterocycles. The Morgan fingerprint density at radius 1 is 0.882 bits per heavy atom. The van der Waals surface area contributed by atoms with Crippen molar-refractivity contribution in [1.29, 1.82) is 0 Å². The molecule has 0 bridgehead atoms. The first-order valence-electron chi connectivity index (χ1n) is 6.36. The van der Waals surface area contributed by atoms with Crippen LogP contribution in [0.2, 0.25) is 0 Å². The summed E-state index contributed by atoms with van der Waals surface area (Å²) < 4.78 is 0. The van der Waals surface area contributed by atoms with Gasteiger partial charge in [-0.2, -0.15) is 0 Å². The molecule has 0 aliphatic carbocycles. The number of hydrogen-bond donors (Lipinski definition) is 0. The second kappa shape index (κ2) is 7.20. The number of benzene rings is 2. The van der Waals surface area contributed by atoms with Gasteiger partial charge in [-0.25, -0.2) is 0 Å². The monoisotopic (exact) mass is 236 g/mol. The van der Waals surface area contributed by atoms with E-state index in [2.05, 4.69) is 50.2 Å². The van der Waals surface area contributed by atoms with E-state index in [1.165, 1.54) is 36.5 Å². The first-order valence-corrected chi connectivity index (χ1v) is 6.36. The second-order valence-electron chi connectivity index (χ2n) is 4.42. The van der Waals surface area contributed by atoms with Crippen LogP contribution in [-0.4, -0.2) is 0 Å². The fourth-order valence-corrected chi connectivity index (χ4v) is 2.43. The molecule has 2 aromatic rings. The van der Waals surface area contributed by atoms with E-state index in [1.54, 1.807) is 11.1 Å². The summed E-state index contributed by atoms with van der Waals surface area (Å²) in [6, 6.07) is 13.3. The van der Waals surface area contributed by atoms with Gasteiger partial charge in [0.25, 0.3) is 0 Å². The predicted octanol–water partition coefficient (Wildman–Crippen LogP) is 1.86. The average Bonchev–Trinajstić information content (AvgIpc) is 2.32. The largest absolute Gasteiger partial charge is 1.00 e. The molecule has 2 rings (SSSR count). The van der Waals surface area contributed by atoms with E-state index in [1.807, 2.05) is 0 Å². The second-order valence-corrected chi connectivity index (χ2v) is 4.42. The summed E-state index contributed by atoms with van der Waals surface area (Å²) in [4.78, 5) is 0. The Labute approximate surface area is 128 Å². The Kier molecular flexibility index (Phi) is 6.26. The standard InChI is InChI=1S/C16H20.Na.H/c1-3-7-13-11-12-14-9-5-6-10-16(14)15(13)8-4-2;;/h5-6,9-12H,3-4,7-8H2,1-2H3;;/q;+1;-1. The fourth-order valence-electron chi connectivity index (χ4n) is 2.43. The van der Waals surface area contributed by atoms with E-state index < -0.39 is 0 Å². The summed E-state index contributed by atoms with van der Waals surface area (Å²) in [5.41, 5.74) is 3.12. The fraction of sp³-hybridized carbons (Fsp3) is 0.375. The average molecular weight is 236 g/mol. The zero-order chi connectivity index (χ0) is 11.4. The van der Waals surface area contributed by atoms with Gasteiger partial charge in [0.1, 0.15) is 0 Å². The minimum atomic E-state index is 0. The van der Waals surface area contributed by atoms with Crippen LogP contribution in [0.15, 0.2) is 36.4 Å². The molecular formula is C16H21Na. The summed E-state index contributed by atoms with van der Waals surface area (Å²) >= 11 is 0. The molecule has 0 fully saturated rings. The van der Waals surface area contributed by atoms with Crippen LogP contribution in [0.4, 0.5) is 0 Å². The van der Waals surface area contributed by atoms with Crippen molar-refractivity contribution in [2.24, 2.45) is 0 Å². The Hall–Kier alpha value is -0.300. The molecule has 0 aliphatic heterocycles. The Balaban J connectivity index is 0.00000144. The summed E-state index contributed by atoms with van der Waals surface area (Å²) in [6.07, 6.45) is 4.87. The number of rotatable bonds is 4. The van der Waals surface area contributed by atoms with Crippen LogP contribution in [0.3, 0.4) is 0 Å². The van der Waals surface area contributed by atoms with Gasteiger partial charge >= 0.3 is 29.6 Å². The first-order chi connectivity index (χ1) is 7.86. The van der Waals surface area contributed by atoms with Crippen molar-refractivity contribution in [3.8, 4) is 0 Å². The molecule has 0 amide bonds. The Bertz CT molecular complexity index is 479. The molecule has 2 aromatic carbocycles. The topological polar surface area (TPSA) is 0 Å². The number of hydrogen-bond acceptors (Lipinski definition) is 0. The van der Waals surface area contributed by atoms with Crippen molar-refractivity contribution in [2.75, 3.05) is 0 Å². The first kappa shape index (κ1) is 14.8. The molecule has 0 spiro atoms. The van der Waals surface area contributed by atoms with E-state index in [0.717, 1.165) is 0 Å². The zero-order valence-electron chi connectivity index (χ0n) is 12.3. The molecule has 0 atom stereocenters. The van der Waals surface area contributed by atoms with Gasteiger partial charge < -0.3 is 1.43 Å². The SMILES string of the molecule is CCCc1ccc2ccccc2c1CCC.[H-].[Na+]. The molecular weight excluding hydrogens is 215 g/mol. The van der Waals surface area contributed by atoms with Gasteiger partial charge in [0.2, 0.25) is 0 Å². The molecule has 0 heterocycles. The molecule has 0 aromatic heterocycles. The van der Waals surface area contributed by atoms with Crippen molar-refractivity contribution in [1.82, 2.24) is 0 Å². The van der Waals surface area contributed by atoms with E-state index >= 15 is 0 Å². The maximum atomic E-state index is 2.32. The molecule has 0 N–H and O–H groups in total. The summed E-state index contributed by atoms with van der Waals surface area (Å²) in [6.45, 7) is 4.52. The Morgan fingerprint density at radius 3 is 2.29 bits per heavy atom. The normalized spacial score (nSPS) is 10.2. The van der Waals surface area contributed by atoms with Crippen LogP contribution in [0.5, 0.6) is 0 Å². The zero-order valence-corrected chi connectivity index (χ0v) is 13.3. The maximum absolute atomic E-state index is 2.32. The summed E-state index contributed by atoms with van der Waals surface area (Å²) in [7, 11) is 0. The Morgan fingerprint density at radius 2 is 1.59 bits per heavy atom. The van der Waals surface area contributed by atoms with Crippen molar-refractivity contribution in [3.05, 3.63) is 47.5 Å². The van der Waals surface area contributed by atoms with Crippen molar-refractivity contribution < 1.29 is 31.0 Å². The van der Waals surface area contributed by atoms with Crippen LogP contribution in [0.1, 0.15) is 39.2 Å². The van der Waals surface area contributed by atoms with Crippen LogP contribution in [0.25, 0.3) is 10.8 Å². The summed E-state index contributed by atoms with van der Waals surface area (Å²) in [5.74, 6) is 0. The van der Waals surface area contributed by atoms with Gasteiger partial charge in [-0.3, -0.25) is 0 Å². The van der Waals surface area contributed by atoms with E-state index in [0.29, 0.717) is 0 Å². The molecule has 0 saturated carbocycles. The van der Waals surface area contributed by atoms with Crippen molar-refractivity contribution >= 4 is 10.8 Å². The van der Waals surface area contributed by atoms with Crippen molar-refractivity contribution in [3.63, 3.8) is 0 Å². The summed E-state index contributed by atoms with van der Waals surface area (Å²) in [5, 5.41) is 2.83. The van der Waals surface area contributed by atoms with Gasteiger partial charge in [-0.15, -0.1) is 0 Å². The molecule has 0 nitrogen and oxygen atoms in total. The number of fused-ring (bicyclic) bond motifs is 1. The van der Waals surface area contributed by atoms with Gasteiger partial charge in [0.15, 0.2) is 0 Å². The van der Waals surface area contributed by atoms with Crippen LogP contribution < -0.4 is 29.6 Å². The molecule has 17 heavy (non-hydrogen) atoms. The van der Waals surface area contributed by atoms with Gasteiger partial charge in [-0.1, -0.05) is 63.1 Å². The number of aryl methyl sites for hydroxylation is 2. The van der Waals surface area contributed by atoms with E-state index in [4.69, 9.17) is 0 Å². The molecule has 1 heteroatoms. The third-order valence-electron chi connectivity index (χ3n) is 3.16. The molecule has 86 valence electrons. The van der Waals surface area contributed by atoms with E-state index in [-0.39, 0.29) is 31.0 Å². The van der Waals surface area contributed by atoms with Gasteiger partial charge in [0.05, 0.1) is 0 Å². The van der Waals surface area contributed by atoms with Crippen LogP contribution in [-0.2, 0) is 12.8 Å². The molecule has 0 radical (unpaired) electrons. The predicted molar refractivity (Wildman–Crippen MR) is 73.1 cm³/mol. The minimum absolute atomic E-state index is 0. The van der Waals surface area contributed by atoms with Crippen LogP contribution in [0, 0.1) is 0 Å². The maximum Gasteiger partial charge on any atom is 1.00 e. The van der Waals surface area contributed by atoms with Gasteiger partial charge in [-0.05, 0) is 34.7 Å². The van der Waals surface area contributed by atoms with E-state index in [9.17, 15) is 0 Å². The van der Waals surface area contributed by atoms with Gasteiger partial charge in [0, 0.05) is 0 Å². The minimum Gasteiger partial charge on any atom is -1.00 e.